The Hall–Kier alpha value is -2.71. The smallest absolute Gasteiger partial charge is 0.403 e. The van der Waals surface area contributed by atoms with Crippen molar-refractivity contribution >= 4 is 17.5 Å². The summed E-state index contributed by atoms with van der Waals surface area (Å²) in [5.74, 6) is -0.291. The molecular formula is C12H13N3O6. The van der Waals surface area contributed by atoms with Crippen LogP contribution >= 0.6 is 0 Å². The van der Waals surface area contributed by atoms with E-state index in [-0.39, 0.29) is 5.75 Å². The predicted octanol–water partition coefficient (Wildman–Crippen LogP) is 2.49. The molecule has 21 heavy (non-hydrogen) atoms. The highest BCUT2D eigenvalue weighted by Crippen LogP contribution is 2.31. The number of carbonyl (C=O) groups excluding carboxylic acids is 1. The molecule has 0 bridgehead atoms. The number of nitro benzene ring substituents is 2. The van der Waals surface area contributed by atoms with Crippen LogP contribution in [0.25, 0.3) is 0 Å². The van der Waals surface area contributed by atoms with Gasteiger partial charge in [-0.25, -0.2) is 4.79 Å². The number of nitro groups is 2. The molecule has 1 aliphatic rings. The lowest BCUT2D eigenvalue weighted by Crippen LogP contribution is -2.37. The molecule has 1 aromatic rings. The number of nitrogens with zero attached hydrogens (tertiary/aromatic N) is 3. The van der Waals surface area contributed by atoms with Crippen molar-refractivity contribution in [3.05, 3.63) is 38.4 Å². The average Bonchev–Trinajstić information content (AvgIpc) is 2.48. The van der Waals surface area contributed by atoms with E-state index in [1.165, 1.54) is 4.90 Å². The lowest BCUT2D eigenvalue weighted by molar-refractivity contribution is -0.394. The van der Waals surface area contributed by atoms with Gasteiger partial charge in [0.05, 0.1) is 15.9 Å². The molecule has 112 valence electrons. The second kappa shape index (κ2) is 6.16. The molecule has 0 saturated carbocycles. The van der Waals surface area contributed by atoms with Gasteiger partial charge in [0, 0.05) is 19.2 Å². The fourth-order valence-corrected chi connectivity index (χ4v) is 2.08. The number of ether oxygens (including phenoxy) is 1. The monoisotopic (exact) mass is 295 g/mol. The first kappa shape index (κ1) is 14.7. The molecule has 2 rings (SSSR count). The molecule has 0 radical (unpaired) electrons. The van der Waals surface area contributed by atoms with Gasteiger partial charge in [0.25, 0.3) is 5.69 Å². The van der Waals surface area contributed by atoms with Crippen molar-refractivity contribution in [1.29, 1.82) is 0 Å². The van der Waals surface area contributed by atoms with Crippen molar-refractivity contribution in [2.45, 2.75) is 19.3 Å². The minimum absolute atomic E-state index is 0.291. The van der Waals surface area contributed by atoms with Crippen LogP contribution < -0.4 is 4.74 Å². The Morgan fingerprint density at radius 2 is 1.76 bits per heavy atom. The number of amides is 1. The van der Waals surface area contributed by atoms with Crippen LogP contribution in [0.1, 0.15) is 19.3 Å². The van der Waals surface area contributed by atoms with Crippen LogP contribution in [0.15, 0.2) is 18.2 Å². The topological polar surface area (TPSA) is 116 Å². The van der Waals surface area contributed by atoms with Gasteiger partial charge < -0.3 is 9.64 Å². The summed E-state index contributed by atoms with van der Waals surface area (Å²) in [4.78, 5) is 33.4. The number of likely N-dealkylation sites (tertiary alicyclic amines) is 1. The van der Waals surface area contributed by atoms with E-state index >= 15 is 0 Å². The molecule has 0 unspecified atom stereocenters. The van der Waals surface area contributed by atoms with Crippen LogP contribution in [0.4, 0.5) is 16.2 Å². The van der Waals surface area contributed by atoms with E-state index in [1.54, 1.807) is 0 Å². The minimum atomic E-state index is -0.814. The highest BCUT2D eigenvalue weighted by Gasteiger charge is 2.25. The van der Waals surface area contributed by atoms with Crippen molar-refractivity contribution in [3.8, 4) is 5.75 Å². The van der Waals surface area contributed by atoms with Gasteiger partial charge in [-0.05, 0) is 25.3 Å². The highest BCUT2D eigenvalue weighted by atomic mass is 16.6. The zero-order valence-electron chi connectivity index (χ0n) is 11.1. The normalized spacial score (nSPS) is 14.6. The lowest BCUT2D eigenvalue weighted by Gasteiger charge is -2.25. The maximum atomic E-state index is 11.9. The van der Waals surface area contributed by atoms with E-state index in [0.29, 0.717) is 13.1 Å². The van der Waals surface area contributed by atoms with Crippen molar-refractivity contribution in [2.24, 2.45) is 0 Å². The van der Waals surface area contributed by atoms with Crippen molar-refractivity contribution < 1.29 is 19.4 Å². The van der Waals surface area contributed by atoms with Crippen LogP contribution in [0.3, 0.4) is 0 Å². The standard InChI is InChI=1S/C12H13N3O6/c16-12(13-6-2-1-3-7-13)21-11-5-4-9(14(17)18)8-10(11)15(19)20/h4-5,8H,1-3,6-7H2. The molecule has 1 saturated heterocycles. The first-order chi connectivity index (χ1) is 9.99. The molecule has 1 fully saturated rings. The molecule has 9 nitrogen and oxygen atoms in total. The van der Waals surface area contributed by atoms with E-state index < -0.39 is 27.3 Å². The van der Waals surface area contributed by atoms with Crippen LogP contribution in [-0.2, 0) is 0 Å². The number of hydrogen-bond donors (Lipinski definition) is 0. The van der Waals surface area contributed by atoms with Crippen molar-refractivity contribution in [2.75, 3.05) is 13.1 Å². The molecule has 0 atom stereocenters. The fraction of sp³-hybridized carbons (Fsp3) is 0.417. The predicted molar refractivity (Wildman–Crippen MR) is 71.2 cm³/mol. The Kier molecular flexibility index (Phi) is 4.31. The zero-order chi connectivity index (χ0) is 15.4. The van der Waals surface area contributed by atoms with Gasteiger partial charge in [0.2, 0.25) is 5.75 Å². The molecule has 1 aliphatic heterocycles. The van der Waals surface area contributed by atoms with Gasteiger partial charge >= 0.3 is 11.8 Å². The molecule has 0 N–H and O–H groups in total. The summed E-state index contributed by atoms with van der Waals surface area (Å²) in [6, 6.07) is 2.91. The van der Waals surface area contributed by atoms with Gasteiger partial charge in [-0.2, -0.15) is 0 Å². The maximum Gasteiger partial charge on any atom is 0.415 e. The second-order valence-electron chi connectivity index (χ2n) is 4.58. The summed E-state index contributed by atoms with van der Waals surface area (Å²) in [6.07, 6.45) is 2.07. The SMILES string of the molecule is O=C(Oc1ccc([N+](=O)[O-])cc1[N+](=O)[O-])N1CCCCC1. The van der Waals surface area contributed by atoms with Gasteiger partial charge in [-0.15, -0.1) is 0 Å². The Labute approximate surface area is 119 Å². The van der Waals surface area contributed by atoms with E-state index in [2.05, 4.69) is 0 Å². The summed E-state index contributed by atoms with van der Waals surface area (Å²) >= 11 is 0. The summed E-state index contributed by atoms with van der Waals surface area (Å²) in [5.41, 5.74) is -1.03. The molecular weight excluding hydrogens is 282 g/mol. The second-order valence-corrected chi connectivity index (χ2v) is 4.58. The van der Waals surface area contributed by atoms with E-state index in [4.69, 9.17) is 4.74 Å². The minimum Gasteiger partial charge on any atom is -0.403 e. The third-order valence-electron chi connectivity index (χ3n) is 3.16. The van der Waals surface area contributed by atoms with E-state index in [1.807, 2.05) is 0 Å². The number of hydrogen-bond acceptors (Lipinski definition) is 6. The number of piperidine rings is 1. The van der Waals surface area contributed by atoms with Gasteiger partial charge in [0.1, 0.15) is 0 Å². The molecule has 0 spiro atoms. The summed E-state index contributed by atoms with van der Waals surface area (Å²) in [7, 11) is 0. The molecule has 0 aliphatic carbocycles. The van der Waals surface area contributed by atoms with Crippen LogP contribution in [0.5, 0.6) is 5.75 Å². The maximum absolute atomic E-state index is 11.9. The molecule has 1 aromatic carbocycles. The van der Waals surface area contributed by atoms with E-state index in [9.17, 15) is 25.0 Å². The Balaban J connectivity index is 2.20. The first-order valence-electron chi connectivity index (χ1n) is 6.38. The Bertz CT molecular complexity index is 582. The van der Waals surface area contributed by atoms with Gasteiger partial charge in [-0.1, -0.05) is 0 Å². The first-order valence-corrected chi connectivity index (χ1v) is 6.38. The third kappa shape index (κ3) is 3.44. The number of benzene rings is 1. The number of non-ortho nitro benzene ring substituents is 1. The largest absolute Gasteiger partial charge is 0.415 e. The van der Waals surface area contributed by atoms with Crippen LogP contribution in [-0.4, -0.2) is 33.9 Å². The molecule has 9 heteroatoms. The molecule has 1 amide bonds. The number of rotatable bonds is 3. The average molecular weight is 295 g/mol. The fourth-order valence-electron chi connectivity index (χ4n) is 2.08. The molecule has 1 heterocycles. The number of carbonyl (C=O) groups is 1. The van der Waals surface area contributed by atoms with Crippen molar-refractivity contribution in [3.63, 3.8) is 0 Å². The van der Waals surface area contributed by atoms with Crippen LogP contribution in [0.2, 0.25) is 0 Å². The summed E-state index contributed by atoms with van der Waals surface area (Å²) in [5, 5.41) is 21.6. The highest BCUT2D eigenvalue weighted by molar-refractivity contribution is 5.73. The molecule has 0 aromatic heterocycles. The third-order valence-corrected chi connectivity index (χ3v) is 3.16. The van der Waals surface area contributed by atoms with Crippen LogP contribution in [0, 0.1) is 20.2 Å². The Morgan fingerprint density at radius 3 is 2.33 bits per heavy atom. The van der Waals surface area contributed by atoms with E-state index in [0.717, 1.165) is 37.5 Å². The summed E-state index contributed by atoms with van der Waals surface area (Å²) in [6.45, 7) is 1.08. The lowest BCUT2D eigenvalue weighted by atomic mass is 10.1. The van der Waals surface area contributed by atoms with Gasteiger partial charge in [0.15, 0.2) is 0 Å². The van der Waals surface area contributed by atoms with Crippen molar-refractivity contribution in [1.82, 2.24) is 4.90 Å². The quantitative estimate of drug-likeness (QED) is 0.624. The zero-order valence-corrected chi connectivity index (χ0v) is 11.1. The Morgan fingerprint density at radius 1 is 1.10 bits per heavy atom. The van der Waals surface area contributed by atoms with Gasteiger partial charge in [-0.3, -0.25) is 20.2 Å². The summed E-state index contributed by atoms with van der Waals surface area (Å²) < 4.78 is 5.00.